The van der Waals surface area contributed by atoms with Crippen LogP contribution in [0.5, 0.6) is 0 Å². The zero-order chi connectivity index (χ0) is 7.54. The van der Waals surface area contributed by atoms with E-state index in [1.54, 1.807) is 6.92 Å². The van der Waals surface area contributed by atoms with Crippen molar-refractivity contribution in [2.24, 2.45) is 0 Å². The largest absolute Gasteiger partial charge is 0.397 e. The van der Waals surface area contributed by atoms with Gasteiger partial charge in [0.15, 0.2) is 0 Å². The van der Waals surface area contributed by atoms with Crippen LogP contribution in [-0.4, -0.2) is 11.7 Å². The van der Waals surface area contributed by atoms with Gasteiger partial charge in [-0.2, -0.15) is 0 Å². The third kappa shape index (κ3) is 34.3. The molecule has 9 heavy (non-hydrogen) atoms. The van der Waals surface area contributed by atoms with Crippen molar-refractivity contribution in [3.05, 3.63) is 12.2 Å². The SMILES string of the molecule is C/C=C/CCC.CCO. The van der Waals surface area contributed by atoms with Crippen LogP contribution < -0.4 is 0 Å². The highest BCUT2D eigenvalue weighted by Crippen LogP contribution is 1.85. The van der Waals surface area contributed by atoms with E-state index in [1.807, 2.05) is 0 Å². The lowest BCUT2D eigenvalue weighted by Gasteiger charge is -1.76. The molecule has 0 aliphatic rings. The summed E-state index contributed by atoms with van der Waals surface area (Å²) in [6, 6.07) is 0. The summed E-state index contributed by atoms with van der Waals surface area (Å²) in [4.78, 5) is 0. The van der Waals surface area contributed by atoms with Crippen molar-refractivity contribution in [2.75, 3.05) is 6.61 Å². The number of aliphatic hydroxyl groups excluding tert-OH is 1. The molecule has 0 fully saturated rings. The van der Waals surface area contributed by atoms with Crippen LogP contribution in [-0.2, 0) is 0 Å². The van der Waals surface area contributed by atoms with E-state index in [4.69, 9.17) is 5.11 Å². The van der Waals surface area contributed by atoms with Crippen LogP contribution in [0.2, 0.25) is 0 Å². The maximum Gasteiger partial charge on any atom is 0.0402 e. The van der Waals surface area contributed by atoms with Gasteiger partial charge in [0.25, 0.3) is 0 Å². The average molecular weight is 130 g/mol. The number of unbranched alkanes of at least 4 members (excludes halogenated alkanes) is 1. The molecule has 0 aliphatic heterocycles. The van der Waals surface area contributed by atoms with E-state index in [0.717, 1.165) is 0 Å². The average Bonchev–Trinajstić information content (AvgIpc) is 1.86. The maximum absolute atomic E-state index is 7.57. The van der Waals surface area contributed by atoms with Gasteiger partial charge in [-0.1, -0.05) is 25.5 Å². The molecular weight excluding hydrogens is 112 g/mol. The van der Waals surface area contributed by atoms with E-state index in [2.05, 4.69) is 26.0 Å². The summed E-state index contributed by atoms with van der Waals surface area (Å²) in [5.41, 5.74) is 0. The fourth-order valence-corrected chi connectivity index (χ4v) is 0.333. The van der Waals surface area contributed by atoms with Gasteiger partial charge < -0.3 is 5.11 Å². The first-order chi connectivity index (χ1) is 4.33. The van der Waals surface area contributed by atoms with Crippen LogP contribution in [0.15, 0.2) is 12.2 Å². The maximum atomic E-state index is 7.57. The lowest BCUT2D eigenvalue weighted by Crippen LogP contribution is -1.57. The predicted molar refractivity (Wildman–Crippen MR) is 42.5 cm³/mol. The highest BCUT2D eigenvalue weighted by Gasteiger charge is 1.64. The first-order valence-corrected chi connectivity index (χ1v) is 3.55. The molecule has 0 rings (SSSR count). The minimum Gasteiger partial charge on any atom is -0.397 e. The standard InChI is InChI=1S/C6H12.C2H6O/c1-3-5-6-4-2;1-2-3/h3,5H,4,6H2,1-2H3;3H,2H2,1H3/b5-3+;. The third-order valence-electron chi connectivity index (χ3n) is 0.691. The molecule has 0 aliphatic carbocycles. The molecule has 0 saturated heterocycles. The van der Waals surface area contributed by atoms with E-state index in [-0.39, 0.29) is 6.61 Å². The van der Waals surface area contributed by atoms with Gasteiger partial charge in [-0.05, 0) is 20.3 Å². The quantitative estimate of drug-likeness (QED) is 0.569. The van der Waals surface area contributed by atoms with Crippen molar-refractivity contribution >= 4 is 0 Å². The van der Waals surface area contributed by atoms with Crippen LogP contribution in [0, 0.1) is 0 Å². The topological polar surface area (TPSA) is 20.2 Å². The minimum atomic E-state index is 0.250. The highest BCUT2D eigenvalue weighted by atomic mass is 16.2. The zero-order valence-corrected chi connectivity index (χ0v) is 6.72. The zero-order valence-electron chi connectivity index (χ0n) is 6.72. The second-order valence-corrected chi connectivity index (χ2v) is 1.67. The van der Waals surface area contributed by atoms with Crippen molar-refractivity contribution in [1.82, 2.24) is 0 Å². The molecule has 0 aromatic rings. The molecular formula is C8H18O. The summed E-state index contributed by atoms with van der Waals surface area (Å²) < 4.78 is 0. The second-order valence-electron chi connectivity index (χ2n) is 1.67. The van der Waals surface area contributed by atoms with E-state index >= 15 is 0 Å². The summed E-state index contributed by atoms with van der Waals surface area (Å²) in [5.74, 6) is 0. The Morgan fingerprint density at radius 2 is 1.78 bits per heavy atom. The van der Waals surface area contributed by atoms with Gasteiger partial charge in [0.2, 0.25) is 0 Å². The van der Waals surface area contributed by atoms with Crippen LogP contribution in [0.4, 0.5) is 0 Å². The van der Waals surface area contributed by atoms with Crippen molar-refractivity contribution in [3.63, 3.8) is 0 Å². The smallest absolute Gasteiger partial charge is 0.0402 e. The number of aliphatic hydroxyl groups is 1. The van der Waals surface area contributed by atoms with Crippen molar-refractivity contribution in [3.8, 4) is 0 Å². The summed E-state index contributed by atoms with van der Waals surface area (Å²) >= 11 is 0. The fourth-order valence-electron chi connectivity index (χ4n) is 0.333. The van der Waals surface area contributed by atoms with Crippen LogP contribution in [0.25, 0.3) is 0 Å². The molecule has 0 amide bonds. The van der Waals surface area contributed by atoms with E-state index in [9.17, 15) is 0 Å². The monoisotopic (exact) mass is 130 g/mol. The highest BCUT2D eigenvalue weighted by molar-refractivity contribution is 4.75. The minimum absolute atomic E-state index is 0.250. The first kappa shape index (κ1) is 11.5. The van der Waals surface area contributed by atoms with Gasteiger partial charge >= 0.3 is 0 Å². The van der Waals surface area contributed by atoms with E-state index < -0.39 is 0 Å². The molecule has 0 saturated carbocycles. The number of allylic oxidation sites excluding steroid dienone is 2. The summed E-state index contributed by atoms with van der Waals surface area (Å²) in [6.45, 7) is 6.16. The molecule has 0 spiro atoms. The van der Waals surface area contributed by atoms with Gasteiger partial charge in [-0.3, -0.25) is 0 Å². The van der Waals surface area contributed by atoms with Gasteiger partial charge in [0, 0.05) is 6.61 Å². The Bertz CT molecular complexity index is 48.5. The lowest BCUT2D eigenvalue weighted by atomic mass is 10.3. The summed E-state index contributed by atoms with van der Waals surface area (Å²) in [7, 11) is 0. The second kappa shape index (κ2) is 15.6. The summed E-state index contributed by atoms with van der Waals surface area (Å²) in [5, 5.41) is 7.57. The Hall–Kier alpha value is -0.300. The van der Waals surface area contributed by atoms with Crippen LogP contribution >= 0.6 is 0 Å². The van der Waals surface area contributed by atoms with E-state index in [0.29, 0.717) is 0 Å². The van der Waals surface area contributed by atoms with Crippen LogP contribution in [0.1, 0.15) is 33.6 Å². The Kier molecular flexibility index (Phi) is 20.0. The number of hydrogen-bond donors (Lipinski definition) is 1. The molecule has 0 aromatic heterocycles. The molecule has 0 bridgehead atoms. The molecule has 0 atom stereocenters. The molecule has 1 nitrogen and oxygen atoms in total. The molecule has 0 unspecified atom stereocenters. The predicted octanol–water partition coefficient (Wildman–Crippen LogP) is 2.36. The molecule has 0 aromatic carbocycles. The Morgan fingerprint density at radius 3 is 1.89 bits per heavy atom. The normalized spacial score (nSPS) is 8.89. The van der Waals surface area contributed by atoms with E-state index in [1.165, 1.54) is 12.8 Å². The Labute approximate surface area is 58.4 Å². The first-order valence-electron chi connectivity index (χ1n) is 3.55. The van der Waals surface area contributed by atoms with Gasteiger partial charge in [-0.15, -0.1) is 0 Å². The molecule has 1 N–H and O–H groups in total. The fraction of sp³-hybridized carbons (Fsp3) is 0.750. The Balaban J connectivity index is 0. The van der Waals surface area contributed by atoms with Gasteiger partial charge in [0.1, 0.15) is 0 Å². The van der Waals surface area contributed by atoms with Crippen molar-refractivity contribution in [1.29, 1.82) is 0 Å². The van der Waals surface area contributed by atoms with Crippen LogP contribution in [0.3, 0.4) is 0 Å². The molecule has 0 radical (unpaired) electrons. The molecule has 1 heteroatoms. The lowest BCUT2D eigenvalue weighted by molar-refractivity contribution is 0.318. The number of rotatable bonds is 2. The van der Waals surface area contributed by atoms with Crippen molar-refractivity contribution in [2.45, 2.75) is 33.6 Å². The van der Waals surface area contributed by atoms with Crippen molar-refractivity contribution < 1.29 is 5.11 Å². The molecule has 0 heterocycles. The third-order valence-corrected chi connectivity index (χ3v) is 0.691. The summed E-state index contributed by atoms with van der Waals surface area (Å²) in [6.07, 6.45) is 6.77. The molecule has 56 valence electrons. The van der Waals surface area contributed by atoms with Gasteiger partial charge in [0.05, 0.1) is 0 Å². The number of hydrogen-bond acceptors (Lipinski definition) is 1. The van der Waals surface area contributed by atoms with Gasteiger partial charge in [-0.25, -0.2) is 0 Å². The Morgan fingerprint density at radius 1 is 1.33 bits per heavy atom.